The van der Waals surface area contributed by atoms with Crippen molar-refractivity contribution in [3.05, 3.63) is 42.0 Å². The summed E-state index contributed by atoms with van der Waals surface area (Å²) in [5.41, 5.74) is -0.0300. The smallest absolute Gasteiger partial charge is 0.353 e. The highest BCUT2D eigenvalue weighted by molar-refractivity contribution is 5.97. The van der Waals surface area contributed by atoms with Crippen molar-refractivity contribution >= 4 is 16.5 Å². The van der Waals surface area contributed by atoms with Crippen molar-refractivity contribution < 1.29 is 26.3 Å². The van der Waals surface area contributed by atoms with Crippen LogP contribution in [0, 0.1) is 11.3 Å². The van der Waals surface area contributed by atoms with Crippen molar-refractivity contribution in [1.29, 1.82) is 5.26 Å². The van der Waals surface area contributed by atoms with Crippen LogP contribution in [-0.4, -0.2) is 25.4 Å². The standard InChI is InChI=1S/C15H10F6N2/c16-14(17,18)8-23(9-15(19,20)21)13-6-5-10(7-22)11-3-1-2-4-12(11)13/h1-6H,8-9H2. The lowest BCUT2D eigenvalue weighted by molar-refractivity contribution is -0.136. The molecule has 0 aliphatic rings. The van der Waals surface area contributed by atoms with E-state index in [-0.39, 0.29) is 21.5 Å². The summed E-state index contributed by atoms with van der Waals surface area (Å²) >= 11 is 0. The second-order valence-corrected chi connectivity index (χ2v) is 4.88. The molecule has 0 N–H and O–H groups in total. The summed E-state index contributed by atoms with van der Waals surface area (Å²) in [6.07, 6.45) is -9.58. The van der Waals surface area contributed by atoms with Gasteiger partial charge in [0.25, 0.3) is 0 Å². The first-order chi connectivity index (χ1) is 10.6. The zero-order valence-electron chi connectivity index (χ0n) is 11.5. The van der Waals surface area contributed by atoms with E-state index in [1.165, 1.54) is 24.3 Å². The van der Waals surface area contributed by atoms with Crippen LogP contribution in [0.1, 0.15) is 5.56 Å². The number of hydrogen-bond acceptors (Lipinski definition) is 2. The fraction of sp³-hybridized carbons (Fsp3) is 0.267. The normalized spacial score (nSPS) is 12.2. The molecule has 0 amide bonds. The predicted octanol–water partition coefficient (Wildman–Crippen LogP) is 4.64. The Hall–Kier alpha value is -2.43. The second kappa shape index (κ2) is 5.99. The Morgan fingerprint density at radius 2 is 1.35 bits per heavy atom. The summed E-state index contributed by atoms with van der Waals surface area (Å²) in [4.78, 5) is 0.226. The van der Waals surface area contributed by atoms with Crippen LogP contribution in [0.5, 0.6) is 0 Å². The first-order valence-electron chi connectivity index (χ1n) is 6.41. The Morgan fingerprint density at radius 3 is 1.83 bits per heavy atom. The molecule has 0 aliphatic heterocycles. The Labute approximate surface area is 127 Å². The third-order valence-corrected chi connectivity index (χ3v) is 3.10. The molecule has 2 nitrogen and oxygen atoms in total. The Kier molecular flexibility index (Phi) is 4.41. The van der Waals surface area contributed by atoms with Crippen LogP contribution in [0.4, 0.5) is 32.0 Å². The summed E-state index contributed by atoms with van der Waals surface area (Å²) < 4.78 is 75.9. The number of hydrogen-bond donors (Lipinski definition) is 0. The molecule has 2 aromatic rings. The van der Waals surface area contributed by atoms with Gasteiger partial charge in [0.2, 0.25) is 0 Å². The van der Waals surface area contributed by atoms with Gasteiger partial charge >= 0.3 is 12.4 Å². The Morgan fingerprint density at radius 1 is 0.826 bits per heavy atom. The molecule has 23 heavy (non-hydrogen) atoms. The van der Waals surface area contributed by atoms with Crippen LogP contribution >= 0.6 is 0 Å². The van der Waals surface area contributed by atoms with E-state index in [0.717, 1.165) is 6.07 Å². The molecular formula is C15H10F6N2. The maximum absolute atomic E-state index is 12.7. The van der Waals surface area contributed by atoms with Gasteiger partial charge in [-0.05, 0) is 12.1 Å². The van der Waals surface area contributed by atoms with Crippen molar-refractivity contribution in [2.45, 2.75) is 12.4 Å². The topological polar surface area (TPSA) is 27.0 Å². The molecule has 0 bridgehead atoms. The van der Waals surface area contributed by atoms with E-state index in [2.05, 4.69) is 0 Å². The molecule has 0 aliphatic carbocycles. The maximum Gasteiger partial charge on any atom is 0.405 e. The van der Waals surface area contributed by atoms with Crippen LogP contribution in [0.3, 0.4) is 0 Å². The van der Waals surface area contributed by atoms with Crippen molar-refractivity contribution in [2.24, 2.45) is 0 Å². The molecule has 0 fully saturated rings. The monoisotopic (exact) mass is 332 g/mol. The SMILES string of the molecule is N#Cc1ccc(N(CC(F)(F)F)CC(F)(F)F)c2ccccc12. The molecule has 2 rings (SSSR count). The predicted molar refractivity (Wildman–Crippen MR) is 73.0 cm³/mol. The molecule has 2 aromatic carbocycles. The van der Waals surface area contributed by atoms with Gasteiger partial charge in [-0.2, -0.15) is 31.6 Å². The van der Waals surface area contributed by atoms with Gasteiger partial charge < -0.3 is 4.90 Å². The average Bonchev–Trinajstić information content (AvgIpc) is 2.42. The van der Waals surface area contributed by atoms with E-state index in [1.54, 1.807) is 6.07 Å². The van der Waals surface area contributed by atoms with Crippen molar-refractivity contribution in [1.82, 2.24) is 0 Å². The summed E-state index contributed by atoms with van der Waals surface area (Å²) in [6, 6.07) is 10.1. The van der Waals surface area contributed by atoms with Gasteiger partial charge in [-0.3, -0.25) is 0 Å². The number of benzene rings is 2. The molecule has 0 atom stereocenters. The van der Waals surface area contributed by atoms with Gasteiger partial charge in [0, 0.05) is 16.5 Å². The lowest BCUT2D eigenvalue weighted by Crippen LogP contribution is -2.40. The van der Waals surface area contributed by atoms with Crippen LogP contribution in [0.15, 0.2) is 36.4 Å². The number of nitriles is 1. The lowest BCUT2D eigenvalue weighted by atomic mass is 10.0. The van der Waals surface area contributed by atoms with E-state index in [0.29, 0.717) is 5.39 Å². The van der Waals surface area contributed by atoms with Gasteiger partial charge in [0.15, 0.2) is 0 Å². The summed E-state index contributed by atoms with van der Waals surface area (Å²) in [5, 5.41) is 9.49. The Balaban J connectivity index is 2.59. The molecule has 0 aromatic heterocycles. The average molecular weight is 332 g/mol. The van der Waals surface area contributed by atoms with Gasteiger partial charge in [-0.1, -0.05) is 24.3 Å². The summed E-state index contributed by atoms with van der Waals surface area (Å²) in [6.45, 7) is -3.47. The zero-order chi connectivity index (χ0) is 17.3. The molecule has 0 spiro atoms. The minimum absolute atomic E-state index is 0.167. The minimum Gasteiger partial charge on any atom is -0.353 e. The minimum atomic E-state index is -4.79. The number of anilines is 1. The number of alkyl halides is 6. The van der Waals surface area contributed by atoms with Gasteiger partial charge in [-0.25, -0.2) is 0 Å². The van der Waals surface area contributed by atoms with E-state index in [1.807, 2.05) is 6.07 Å². The van der Waals surface area contributed by atoms with Crippen LogP contribution in [-0.2, 0) is 0 Å². The summed E-state index contributed by atoms with van der Waals surface area (Å²) in [5.74, 6) is 0. The van der Waals surface area contributed by atoms with Gasteiger partial charge in [0.1, 0.15) is 13.1 Å². The highest BCUT2D eigenvalue weighted by atomic mass is 19.4. The molecule has 122 valence electrons. The van der Waals surface area contributed by atoms with Gasteiger partial charge in [-0.15, -0.1) is 0 Å². The largest absolute Gasteiger partial charge is 0.405 e. The molecule has 0 saturated carbocycles. The first-order valence-corrected chi connectivity index (χ1v) is 6.41. The Bertz CT molecular complexity index is 726. The molecule has 0 heterocycles. The summed E-state index contributed by atoms with van der Waals surface area (Å²) in [7, 11) is 0. The highest BCUT2D eigenvalue weighted by Crippen LogP contribution is 2.33. The van der Waals surface area contributed by atoms with E-state index in [9.17, 15) is 26.3 Å². The zero-order valence-corrected chi connectivity index (χ0v) is 11.5. The quantitative estimate of drug-likeness (QED) is 0.766. The van der Waals surface area contributed by atoms with Gasteiger partial charge in [0.05, 0.1) is 11.6 Å². The van der Waals surface area contributed by atoms with Crippen molar-refractivity contribution in [3.63, 3.8) is 0 Å². The lowest BCUT2D eigenvalue weighted by Gasteiger charge is -2.28. The number of halogens is 6. The van der Waals surface area contributed by atoms with E-state index >= 15 is 0 Å². The van der Waals surface area contributed by atoms with Crippen LogP contribution in [0.2, 0.25) is 0 Å². The third-order valence-electron chi connectivity index (χ3n) is 3.10. The number of fused-ring (bicyclic) bond motifs is 1. The second-order valence-electron chi connectivity index (χ2n) is 4.88. The first kappa shape index (κ1) is 16.9. The van der Waals surface area contributed by atoms with Crippen molar-refractivity contribution in [2.75, 3.05) is 18.0 Å². The molecular weight excluding hydrogens is 322 g/mol. The molecule has 8 heteroatoms. The molecule has 0 radical (unpaired) electrons. The van der Waals surface area contributed by atoms with Crippen molar-refractivity contribution in [3.8, 4) is 6.07 Å². The molecule has 0 saturated heterocycles. The van der Waals surface area contributed by atoms with E-state index < -0.39 is 25.4 Å². The fourth-order valence-corrected chi connectivity index (χ4v) is 2.32. The fourth-order valence-electron chi connectivity index (χ4n) is 2.32. The van der Waals surface area contributed by atoms with Crippen LogP contribution in [0.25, 0.3) is 10.8 Å². The van der Waals surface area contributed by atoms with E-state index in [4.69, 9.17) is 5.26 Å². The number of nitrogens with zero attached hydrogens (tertiary/aromatic N) is 2. The maximum atomic E-state index is 12.7. The number of rotatable bonds is 3. The van der Waals surface area contributed by atoms with Crippen LogP contribution < -0.4 is 4.90 Å². The third kappa shape index (κ3) is 4.28. The molecule has 0 unspecified atom stereocenters. The highest BCUT2D eigenvalue weighted by Gasteiger charge is 2.38.